The Morgan fingerprint density at radius 2 is 1.76 bits per heavy atom. The number of thioether (sulfide) groups is 1. The molecule has 5 rings (SSSR count). The van der Waals surface area contributed by atoms with E-state index in [9.17, 15) is 14.0 Å². The number of aryl methyl sites for hydroxylation is 1. The zero-order valence-corrected chi connectivity index (χ0v) is 24.2. The van der Waals surface area contributed by atoms with Gasteiger partial charge < -0.3 is 9.80 Å². The number of hydrogen-bond donors (Lipinski definition) is 0. The first-order valence-corrected chi connectivity index (χ1v) is 14.9. The first kappa shape index (κ1) is 28.5. The summed E-state index contributed by atoms with van der Waals surface area (Å²) in [6.45, 7) is 5.25. The summed E-state index contributed by atoms with van der Waals surface area (Å²) in [6, 6.07) is 24.4. The molecule has 2 amide bonds. The summed E-state index contributed by atoms with van der Waals surface area (Å²) >= 11 is 1.60. The third kappa shape index (κ3) is 6.85. The number of nitrogens with zero attached hydrogens (tertiary/aromatic N) is 5. The van der Waals surface area contributed by atoms with Gasteiger partial charge in [0.15, 0.2) is 5.16 Å². The van der Waals surface area contributed by atoms with Gasteiger partial charge in [-0.1, -0.05) is 66.4 Å². The molecule has 1 saturated heterocycles. The second kappa shape index (κ2) is 13.1. The molecular formula is C32H34FN5O2S. The van der Waals surface area contributed by atoms with Crippen LogP contribution in [0.1, 0.15) is 47.1 Å². The van der Waals surface area contributed by atoms with Crippen LogP contribution in [0.4, 0.5) is 4.39 Å². The molecule has 41 heavy (non-hydrogen) atoms. The number of hydrogen-bond acceptors (Lipinski definition) is 5. The molecule has 0 saturated carbocycles. The number of amides is 2. The van der Waals surface area contributed by atoms with E-state index in [1.807, 2.05) is 36.1 Å². The highest BCUT2D eigenvalue weighted by Gasteiger charge is 2.31. The average Bonchev–Trinajstić information content (AvgIpc) is 3.37. The van der Waals surface area contributed by atoms with Gasteiger partial charge in [-0.05, 0) is 55.7 Å². The van der Waals surface area contributed by atoms with Gasteiger partial charge in [0.05, 0.1) is 5.56 Å². The van der Waals surface area contributed by atoms with Crippen LogP contribution in [0.2, 0.25) is 0 Å². The van der Waals surface area contributed by atoms with Crippen molar-refractivity contribution in [3.8, 4) is 5.69 Å². The van der Waals surface area contributed by atoms with Gasteiger partial charge in [-0.15, -0.1) is 10.2 Å². The number of carbonyl (C=O) groups is 2. The van der Waals surface area contributed by atoms with E-state index in [1.165, 1.54) is 17.7 Å². The van der Waals surface area contributed by atoms with Gasteiger partial charge in [-0.25, -0.2) is 4.39 Å². The molecule has 1 aromatic heterocycles. The molecule has 0 aliphatic carbocycles. The zero-order valence-electron chi connectivity index (χ0n) is 23.4. The largest absolute Gasteiger partial charge is 0.339 e. The van der Waals surface area contributed by atoms with Crippen LogP contribution in [0.15, 0.2) is 84.0 Å². The van der Waals surface area contributed by atoms with E-state index in [2.05, 4.69) is 52.0 Å². The van der Waals surface area contributed by atoms with Crippen LogP contribution in [0.25, 0.3) is 5.69 Å². The van der Waals surface area contributed by atoms with Crippen molar-refractivity contribution in [2.24, 2.45) is 0 Å². The van der Waals surface area contributed by atoms with Crippen LogP contribution in [0.5, 0.6) is 0 Å². The molecule has 212 valence electrons. The molecule has 0 bridgehead atoms. The summed E-state index contributed by atoms with van der Waals surface area (Å²) in [5.41, 5.74) is 3.42. The smallest absolute Gasteiger partial charge is 0.257 e. The normalized spacial score (nSPS) is 15.2. The lowest BCUT2D eigenvalue weighted by molar-refractivity contribution is -0.133. The highest BCUT2D eigenvalue weighted by molar-refractivity contribution is 7.99. The highest BCUT2D eigenvalue weighted by Crippen LogP contribution is 2.25. The summed E-state index contributed by atoms with van der Waals surface area (Å²) in [5.74, 6) is 0.814. The molecule has 1 unspecified atom stereocenters. The molecule has 1 atom stereocenters. The number of rotatable bonds is 9. The lowest BCUT2D eigenvalue weighted by atomic mass is 10.1. The van der Waals surface area contributed by atoms with E-state index >= 15 is 0 Å². The molecule has 4 aromatic rings. The summed E-state index contributed by atoms with van der Waals surface area (Å²) in [7, 11) is 0. The SMILES string of the molecule is Cc1cccc(-n2c(Cc3ccccc3)nnc2SCCCC(=O)N2CCN(C(=O)c3ccccc3F)C(C)C2)c1. The summed E-state index contributed by atoms with van der Waals surface area (Å²) in [6.07, 6.45) is 1.78. The maximum Gasteiger partial charge on any atom is 0.257 e. The molecular weight excluding hydrogens is 537 g/mol. The van der Waals surface area contributed by atoms with E-state index in [-0.39, 0.29) is 23.4 Å². The first-order chi connectivity index (χ1) is 19.9. The van der Waals surface area contributed by atoms with Crippen molar-refractivity contribution >= 4 is 23.6 Å². The number of carbonyl (C=O) groups excluding carboxylic acids is 2. The molecule has 2 heterocycles. The Labute approximate surface area is 244 Å². The van der Waals surface area contributed by atoms with Gasteiger partial charge in [0.2, 0.25) is 5.91 Å². The van der Waals surface area contributed by atoms with Crippen molar-refractivity contribution in [3.05, 3.63) is 107 Å². The van der Waals surface area contributed by atoms with Gasteiger partial charge in [0, 0.05) is 50.0 Å². The van der Waals surface area contributed by atoms with Crippen LogP contribution < -0.4 is 0 Å². The Bertz CT molecular complexity index is 1510. The van der Waals surface area contributed by atoms with Crippen LogP contribution >= 0.6 is 11.8 Å². The summed E-state index contributed by atoms with van der Waals surface area (Å²) in [5, 5.41) is 9.84. The van der Waals surface area contributed by atoms with E-state index < -0.39 is 5.82 Å². The van der Waals surface area contributed by atoms with Crippen LogP contribution in [-0.4, -0.2) is 67.8 Å². The molecule has 0 radical (unpaired) electrons. The minimum absolute atomic E-state index is 0.0698. The fraction of sp³-hybridized carbons (Fsp3) is 0.312. The fourth-order valence-corrected chi connectivity index (χ4v) is 6.04. The first-order valence-electron chi connectivity index (χ1n) is 13.9. The number of halogens is 1. The second-order valence-electron chi connectivity index (χ2n) is 10.4. The molecule has 0 spiro atoms. The summed E-state index contributed by atoms with van der Waals surface area (Å²) in [4.78, 5) is 29.4. The van der Waals surface area contributed by atoms with Crippen LogP contribution in [-0.2, 0) is 11.2 Å². The van der Waals surface area contributed by atoms with Crippen molar-refractivity contribution in [1.82, 2.24) is 24.6 Å². The topological polar surface area (TPSA) is 71.3 Å². The van der Waals surface area contributed by atoms with Gasteiger partial charge in [-0.2, -0.15) is 0 Å². The molecule has 0 N–H and O–H groups in total. The second-order valence-corrected chi connectivity index (χ2v) is 11.4. The highest BCUT2D eigenvalue weighted by atomic mass is 32.2. The van der Waals surface area contributed by atoms with E-state index in [0.29, 0.717) is 38.9 Å². The fourth-order valence-electron chi connectivity index (χ4n) is 5.13. The monoisotopic (exact) mass is 571 g/mol. The molecule has 1 aliphatic heterocycles. The van der Waals surface area contributed by atoms with Gasteiger partial charge >= 0.3 is 0 Å². The van der Waals surface area contributed by atoms with Crippen molar-refractivity contribution in [3.63, 3.8) is 0 Å². The van der Waals surface area contributed by atoms with Crippen molar-refractivity contribution < 1.29 is 14.0 Å². The Hall–Kier alpha value is -3.98. The minimum Gasteiger partial charge on any atom is -0.339 e. The maximum absolute atomic E-state index is 14.1. The lowest BCUT2D eigenvalue weighted by Crippen LogP contribution is -2.55. The van der Waals surface area contributed by atoms with Gasteiger partial charge in [-0.3, -0.25) is 14.2 Å². The lowest BCUT2D eigenvalue weighted by Gasteiger charge is -2.40. The van der Waals surface area contributed by atoms with Crippen molar-refractivity contribution in [2.75, 3.05) is 25.4 Å². The van der Waals surface area contributed by atoms with Crippen LogP contribution in [0, 0.1) is 12.7 Å². The minimum atomic E-state index is -0.522. The Kier molecular flexibility index (Phi) is 9.14. The third-order valence-electron chi connectivity index (χ3n) is 7.28. The van der Waals surface area contributed by atoms with Crippen molar-refractivity contribution in [2.45, 2.75) is 44.3 Å². The van der Waals surface area contributed by atoms with Gasteiger partial charge in [0.1, 0.15) is 11.6 Å². The van der Waals surface area contributed by atoms with E-state index in [1.54, 1.807) is 28.8 Å². The van der Waals surface area contributed by atoms with E-state index in [0.717, 1.165) is 28.0 Å². The molecule has 9 heteroatoms. The number of piperazine rings is 1. The number of aromatic nitrogens is 3. The van der Waals surface area contributed by atoms with Gasteiger partial charge in [0.25, 0.3) is 5.91 Å². The Balaban J connectivity index is 1.17. The Morgan fingerprint density at radius 3 is 2.51 bits per heavy atom. The standard InChI is InChI=1S/C32H34FN5O2S/c1-23-10-8-13-26(20-23)38-29(21-25-11-4-3-5-12-25)34-35-32(38)41-19-9-16-30(39)36-17-18-37(24(2)22-36)31(40)27-14-6-7-15-28(27)33/h3-8,10-15,20,24H,9,16-19,21-22H2,1-2H3. The maximum atomic E-state index is 14.1. The molecule has 1 aliphatic rings. The van der Waals surface area contributed by atoms with E-state index in [4.69, 9.17) is 0 Å². The molecule has 7 nitrogen and oxygen atoms in total. The van der Waals surface area contributed by atoms with Crippen molar-refractivity contribution in [1.29, 1.82) is 0 Å². The average molecular weight is 572 g/mol. The molecule has 1 fully saturated rings. The quantitative estimate of drug-likeness (QED) is 0.195. The predicted octanol–water partition coefficient (Wildman–Crippen LogP) is 5.55. The molecule has 3 aromatic carbocycles. The zero-order chi connectivity index (χ0) is 28.8. The summed E-state index contributed by atoms with van der Waals surface area (Å²) < 4.78 is 16.2. The number of benzene rings is 3. The Morgan fingerprint density at radius 1 is 0.976 bits per heavy atom. The van der Waals surface area contributed by atoms with Crippen LogP contribution in [0.3, 0.4) is 0 Å². The predicted molar refractivity (Wildman–Crippen MR) is 159 cm³/mol. The third-order valence-corrected chi connectivity index (χ3v) is 8.29.